The number of carbonyl (C=O) groups excluding carboxylic acids is 1. The third-order valence-corrected chi connectivity index (χ3v) is 7.47. The Hall–Kier alpha value is -2.03. The van der Waals surface area contributed by atoms with Gasteiger partial charge in [0, 0.05) is 60.2 Å². The number of nitrogens with one attached hydrogen (secondary N) is 1. The number of halogens is 3. The van der Waals surface area contributed by atoms with Crippen LogP contribution < -0.4 is 10.2 Å². The Morgan fingerprint density at radius 3 is 2.46 bits per heavy atom. The quantitative estimate of drug-likeness (QED) is 0.229. The highest BCUT2D eigenvalue weighted by Gasteiger charge is 2.17. The molecule has 0 bridgehead atoms. The van der Waals surface area contributed by atoms with Crippen molar-refractivity contribution >= 4 is 58.3 Å². The molecule has 1 aliphatic rings. The molecule has 1 aromatic heterocycles. The van der Waals surface area contributed by atoms with Crippen molar-refractivity contribution in [2.45, 2.75) is 17.3 Å². The zero-order valence-corrected chi connectivity index (χ0v) is 22.4. The van der Waals surface area contributed by atoms with Gasteiger partial charge in [-0.15, -0.1) is 0 Å². The van der Waals surface area contributed by atoms with Crippen LogP contribution in [-0.2, 0) is 12.2 Å². The maximum Gasteiger partial charge on any atom is 0.251 e. The van der Waals surface area contributed by atoms with Crippen molar-refractivity contribution in [1.29, 1.82) is 0 Å². The van der Waals surface area contributed by atoms with Crippen LogP contribution in [-0.4, -0.2) is 60.5 Å². The van der Waals surface area contributed by atoms with Crippen LogP contribution in [0.2, 0.25) is 15.2 Å². The number of nitrogens with zero attached hydrogens (tertiary/aromatic N) is 4. The number of likely N-dealkylation sites (N-methyl/N-ethyl adjacent to an activating group) is 1. The predicted octanol–water partition coefficient (Wildman–Crippen LogP) is 5.45. The SMILES string of the molecule is CN1CCN(c2cc(Cl)nc(SCc3ccc(C(=O)NCCc4ccc(Cl)cc4Cl)cc3)n2)CC1. The molecule has 6 nitrogen and oxygen atoms in total. The van der Waals surface area contributed by atoms with Gasteiger partial charge in [0.15, 0.2) is 5.16 Å². The van der Waals surface area contributed by atoms with Crippen LogP contribution in [0.15, 0.2) is 53.7 Å². The molecule has 0 unspecified atom stereocenters. The van der Waals surface area contributed by atoms with Crippen LogP contribution in [0.4, 0.5) is 5.82 Å². The normalized spacial score (nSPS) is 14.2. The smallest absolute Gasteiger partial charge is 0.251 e. The van der Waals surface area contributed by atoms with Crippen molar-refractivity contribution in [2.24, 2.45) is 0 Å². The monoisotopic (exact) mass is 549 g/mol. The van der Waals surface area contributed by atoms with E-state index in [1.807, 2.05) is 36.4 Å². The molecule has 1 fully saturated rings. The molecule has 0 spiro atoms. The van der Waals surface area contributed by atoms with Crippen LogP contribution in [0.5, 0.6) is 0 Å². The minimum atomic E-state index is -0.121. The van der Waals surface area contributed by atoms with Crippen LogP contribution in [0.1, 0.15) is 21.5 Å². The highest BCUT2D eigenvalue weighted by molar-refractivity contribution is 7.98. The minimum Gasteiger partial charge on any atom is -0.354 e. The molecule has 4 rings (SSSR count). The van der Waals surface area contributed by atoms with Crippen molar-refractivity contribution in [3.63, 3.8) is 0 Å². The number of aromatic nitrogens is 2. The molecule has 1 aliphatic heterocycles. The van der Waals surface area contributed by atoms with Crippen LogP contribution in [0.25, 0.3) is 0 Å². The van der Waals surface area contributed by atoms with E-state index >= 15 is 0 Å². The number of benzene rings is 2. The lowest BCUT2D eigenvalue weighted by Crippen LogP contribution is -2.44. The molecule has 35 heavy (non-hydrogen) atoms. The lowest BCUT2D eigenvalue weighted by atomic mass is 10.1. The van der Waals surface area contributed by atoms with Crippen molar-refractivity contribution in [3.05, 3.63) is 80.4 Å². The first-order valence-corrected chi connectivity index (χ1v) is 13.4. The summed E-state index contributed by atoms with van der Waals surface area (Å²) in [6.45, 7) is 4.33. The molecule has 1 saturated heterocycles. The third kappa shape index (κ3) is 7.48. The number of thioether (sulfide) groups is 1. The second-order valence-electron chi connectivity index (χ2n) is 8.35. The van der Waals surface area contributed by atoms with Gasteiger partial charge in [-0.2, -0.15) is 0 Å². The molecule has 1 N–H and O–H groups in total. The molecule has 1 amide bonds. The second-order valence-corrected chi connectivity index (χ2v) is 10.5. The molecule has 2 heterocycles. The molecule has 0 atom stereocenters. The number of hydrogen-bond acceptors (Lipinski definition) is 6. The maximum atomic E-state index is 12.5. The van der Waals surface area contributed by atoms with Gasteiger partial charge >= 0.3 is 0 Å². The zero-order chi connectivity index (χ0) is 24.8. The number of piperazine rings is 1. The Labute approximate surface area is 225 Å². The maximum absolute atomic E-state index is 12.5. The lowest BCUT2D eigenvalue weighted by molar-refractivity contribution is 0.0954. The van der Waals surface area contributed by atoms with Gasteiger partial charge < -0.3 is 15.1 Å². The van der Waals surface area contributed by atoms with Gasteiger partial charge in [0.2, 0.25) is 0 Å². The largest absolute Gasteiger partial charge is 0.354 e. The van der Waals surface area contributed by atoms with Gasteiger partial charge in [0.25, 0.3) is 5.91 Å². The van der Waals surface area contributed by atoms with Gasteiger partial charge in [-0.3, -0.25) is 4.79 Å². The van der Waals surface area contributed by atoms with E-state index in [1.54, 1.807) is 12.1 Å². The fourth-order valence-corrected chi connectivity index (χ4v) is 5.22. The van der Waals surface area contributed by atoms with Gasteiger partial charge in [-0.1, -0.05) is 64.8 Å². The van der Waals surface area contributed by atoms with E-state index in [2.05, 4.69) is 27.1 Å². The molecular formula is C25H26Cl3N5OS. The van der Waals surface area contributed by atoms with E-state index in [4.69, 9.17) is 39.8 Å². The Morgan fingerprint density at radius 2 is 1.74 bits per heavy atom. The summed E-state index contributed by atoms with van der Waals surface area (Å²) in [5.41, 5.74) is 2.63. The van der Waals surface area contributed by atoms with E-state index < -0.39 is 0 Å². The molecular weight excluding hydrogens is 525 g/mol. The van der Waals surface area contributed by atoms with Crippen LogP contribution in [0.3, 0.4) is 0 Å². The van der Waals surface area contributed by atoms with Crippen molar-refractivity contribution in [1.82, 2.24) is 20.2 Å². The molecule has 10 heteroatoms. The van der Waals surface area contributed by atoms with Crippen LogP contribution in [0, 0.1) is 0 Å². The van der Waals surface area contributed by atoms with E-state index in [0.29, 0.717) is 44.6 Å². The first-order chi connectivity index (χ1) is 16.9. The summed E-state index contributed by atoms with van der Waals surface area (Å²) in [7, 11) is 2.12. The Morgan fingerprint density at radius 1 is 1.00 bits per heavy atom. The average molecular weight is 551 g/mol. The standard InChI is InChI=1S/C25H26Cl3N5OS/c1-32-10-12-33(13-11-32)23-15-22(28)30-25(31-23)35-16-17-2-4-19(5-3-17)24(34)29-9-8-18-6-7-20(26)14-21(18)27/h2-7,14-15H,8-13,16H2,1H3,(H,29,34). The van der Waals surface area contributed by atoms with Crippen molar-refractivity contribution < 1.29 is 4.79 Å². The summed E-state index contributed by atoms with van der Waals surface area (Å²) < 4.78 is 0. The van der Waals surface area contributed by atoms with E-state index in [-0.39, 0.29) is 5.91 Å². The number of carbonyl (C=O) groups is 1. The fourth-order valence-electron chi connectivity index (χ4n) is 3.68. The molecule has 2 aromatic carbocycles. The topological polar surface area (TPSA) is 61.4 Å². The lowest BCUT2D eigenvalue weighted by Gasteiger charge is -2.33. The van der Waals surface area contributed by atoms with Crippen molar-refractivity contribution in [2.75, 3.05) is 44.7 Å². The van der Waals surface area contributed by atoms with E-state index in [9.17, 15) is 4.79 Å². The summed E-state index contributed by atoms with van der Waals surface area (Å²) in [4.78, 5) is 26.1. The molecule has 184 valence electrons. The summed E-state index contributed by atoms with van der Waals surface area (Å²) in [6, 6.07) is 14.8. The first kappa shape index (κ1) is 26.0. The Bertz CT molecular complexity index is 1170. The molecule has 0 saturated carbocycles. The highest BCUT2D eigenvalue weighted by atomic mass is 35.5. The molecule has 0 radical (unpaired) electrons. The third-order valence-electron chi connectivity index (χ3n) is 5.77. The van der Waals surface area contributed by atoms with E-state index in [1.165, 1.54) is 11.8 Å². The first-order valence-electron chi connectivity index (χ1n) is 11.3. The van der Waals surface area contributed by atoms with Gasteiger partial charge in [-0.25, -0.2) is 9.97 Å². The fraction of sp³-hybridized carbons (Fsp3) is 0.320. The van der Waals surface area contributed by atoms with Gasteiger partial charge in [-0.05, 0) is 48.9 Å². The highest BCUT2D eigenvalue weighted by Crippen LogP contribution is 2.25. The summed E-state index contributed by atoms with van der Waals surface area (Å²) >= 11 is 19.9. The summed E-state index contributed by atoms with van der Waals surface area (Å²) in [5.74, 6) is 1.43. The average Bonchev–Trinajstić information content (AvgIpc) is 2.84. The van der Waals surface area contributed by atoms with Gasteiger partial charge in [0.1, 0.15) is 11.0 Å². The summed E-state index contributed by atoms with van der Waals surface area (Å²) in [6.07, 6.45) is 0.631. The number of rotatable bonds is 8. The predicted molar refractivity (Wildman–Crippen MR) is 145 cm³/mol. The number of hydrogen-bond donors (Lipinski definition) is 1. The second kappa shape index (κ2) is 12.3. The van der Waals surface area contributed by atoms with Gasteiger partial charge in [0.05, 0.1) is 0 Å². The molecule has 0 aliphatic carbocycles. The van der Waals surface area contributed by atoms with E-state index in [0.717, 1.165) is 43.1 Å². The Kier molecular flexibility index (Phi) is 9.14. The zero-order valence-electron chi connectivity index (χ0n) is 19.3. The molecule has 3 aromatic rings. The van der Waals surface area contributed by atoms with Crippen molar-refractivity contribution in [3.8, 4) is 0 Å². The van der Waals surface area contributed by atoms with Crippen LogP contribution >= 0.6 is 46.6 Å². The number of amides is 1. The Balaban J connectivity index is 1.28. The minimum absolute atomic E-state index is 0.121. The summed E-state index contributed by atoms with van der Waals surface area (Å²) in [5, 5.41) is 5.23. The number of anilines is 1.